The molecule has 0 aliphatic rings. The Morgan fingerprint density at radius 3 is 2.41 bits per heavy atom. The quantitative estimate of drug-likeness (QED) is 0.719. The van der Waals surface area contributed by atoms with E-state index in [1.54, 1.807) is 38.1 Å². The van der Waals surface area contributed by atoms with Crippen LogP contribution >= 0.6 is 0 Å². The Morgan fingerprint density at radius 1 is 1.15 bits per heavy atom. The molecule has 0 saturated carbocycles. The van der Waals surface area contributed by atoms with Crippen molar-refractivity contribution >= 4 is 15.9 Å². The second kappa shape index (κ2) is 8.96. The van der Waals surface area contributed by atoms with Gasteiger partial charge in [-0.05, 0) is 44.0 Å². The molecule has 0 aliphatic carbocycles. The van der Waals surface area contributed by atoms with Crippen molar-refractivity contribution in [2.45, 2.75) is 37.2 Å². The molecule has 2 rings (SSSR count). The van der Waals surface area contributed by atoms with Gasteiger partial charge in [0.25, 0.3) is 0 Å². The van der Waals surface area contributed by atoms with Crippen LogP contribution in [-0.4, -0.2) is 33.5 Å². The van der Waals surface area contributed by atoms with Crippen LogP contribution in [0.2, 0.25) is 0 Å². The van der Waals surface area contributed by atoms with E-state index in [1.807, 2.05) is 6.07 Å². The minimum Gasteiger partial charge on any atom is -0.495 e. The highest BCUT2D eigenvalue weighted by Crippen LogP contribution is 2.24. The average molecular weight is 394 g/mol. The lowest BCUT2D eigenvalue weighted by Gasteiger charge is -2.21. The molecule has 2 aromatic rings. The summed E-state index contributed by atoms with van der Waals surface area (Å²) in [4.78, 5) is 12.2. The lowest BCUT2D eigenvalue weighted by Crippen LogP contribution is -2.49. The lowest BCUT2D eigenvalue weighted by molar-refractivity contribution is -0.123. The molecule has 6 nitrogen and oxygen atoms in total. The molecule has 27 heavy (non-hydrogen) atoms. The van der Waals surface area contributed by atoms with Gasteiger partial charge in [0.05, 0.1) is 7.11 Å². The van der Waals surface area contributed by atoms with Gasteiger partial charge in [0, 0.05) is 6.04 Å². The summed E-state index contributed by atoms with van der Waals surface area (Å²) in [6, 6.07) is 11.0. The number of benzene rings is 2. The molecular weight excluding hydrogens is 371 g/mol. The first-order valence-electron chi connectivity index (χ1n) is 8.43. The van der Waals surface area contributed by atoms with E-state index in [0.717, 1.165) is 17.7 Å². The first-order chi connectivity index (χ1) is 12.7. The zero-order valence-electron chi connectivity index (χ0n) is 15.4. The molecule has 0 bridgehead atoms. The molecule has 2 aromatic carbocycles. The van der Waals surface area contributed by atoms with Crippen LogP contribution in [0.25, 0.3) is 0 Å². The van der Waals surface area contributed by atoms with Crippen molar-refractivity contribution in [1.29, 1.82) is 0 Å². The van der Waals surface area contributed by atoms with Gasteiger partial charge < -0.3 is 10.1 Å². The topological polar surface area (TPSA) is 84.5 Å². The fraction of sp³-hybridized carbons (Fsp3) is 0.316. The van der Waals surface area contributed by atoms with Gasteiger partial charge in [-0.1, -0.05) is 30.3 Å². The third kappa shape index (κ3) is 5.77. The van der Waals surface area contributed by atoms with E-state index in [9.17, 15) is 17.6 Å². The van der Waals surface area contributed by atoms with E-state index in [2.05, 4.69) is 10.0 Å². The summed E-state index contributed by atoms with van der Waals surface area (Å²) in [6.45, 7) is 3.56. The van der Waals surface area contributed by atoms with E-state index in [0.29, 0.717) is 0 Å². The van der Waals surface area contributed by atoms with Crippen molar-refractivity contribution in [2.75, 3.05) is 7.11 Å². The highest BCUT2D eigenvalue weighted by atomic mass is 32.2. The SMILES string of the molecule is COc1ccc(F)cc1S(=O)(=O)NC(Cc1ccccc1)C(=O)NC(C)C. The zero-order chi connectivity index (χ0) is 20.0. The Labute approximate surface area is 158 Å². The maximum Gasteiger partial charge on any atom is 0.245 e. The highest BCUT2D eigenvalue weighted by molar-refractivity contribution is 7.89. The number of nitrogens with one attached hydrogen (secondary N) is 2. The van der Waals surface area contributed by atoms with Crippen LogP contribution in [0.3, 0.4) is 0 Å². The molecule has 0 heterocycles. The number of carbonyl (C=O) groups is 1. The Bertz CT molecular complexity index is 886. The van der Waals surface area contributed by atoms with E-state index in [4.69, 9.17) is 4.74 Å². The number of ether oxygens (including phenoxy) is 1. The number of hydrogen-bond acceptors (Lipinski definition) is 4. The maximum absolute atomic E-state index is 13.6. The van der Waals surface area contributed by atoms with Crippen LogP contribution in [0, 0.1) is 5.82 Å². The predicted molar refractivity (Wildman–Crippen MR) is 100 cm³/mol. The number of hydrogen-bond donors (Lipinski definition) is 2. The van der Waals surface area contributed by atoms with Gasteiger partial charge in [0.2, 0.25) is 15.9 Å². The molecule has 0 spiro atoms. The Balaban J connectivity index is 2.35. The minimum atomic E-state index is -4.20. The normalized spacial score (nSPS) is 12.6. The van der Waals surface area contributed by atoms with Gasteiger partial charge >= 0.3 is 0 Å². The van der Waals surface area contributed by atoms with Gasteiger partial charge in [-0.2, -0.15) is 4.72 Å². The lowest BCUT2D eigenvalue weighted by atomic mass is 10.1. The molecule has 8 heteroatoms. The van der Waals surface area contributed by atoms with Crippen molar-refractivity contribution in [1.82, 2.24) is 10.0 Å². The predicted octanol–water partition coefficient (Wildman–Crippen LogP) is 2.25. The Hall–Kier alpha value is -2.45. The number of rotatable bonds is 8. The monoisotopic (exact) mass is 394 g/mol. The summed E-state index contributed by atoms with van der Waals surface area (Å²) < 4.78 is 46.6. The largest absolute Gasteiger partial charge is 0.495 e. The van der Waals surface area contributed by atoms with Crippen molar-refractivity contribution < 1.29 is 22.3 Å². The fourth-order valence-electron chi connectivity index (χ4n) is 2.53. The third-order valence-corrected chi connectivity index (χ3v) is 5.24. The Kier molecular flexibility index (Phi) is 6.92. The van der Waals surface area contributed by atoms with Crippen LogP contribution in [0.1, 0.15) is 19.4 Å². The van der Waals surface area contributed by atoms with Crippen LogP contribution in [0.5, 0.6) is 5.75 Å². The summed E-state index contributed by atoms with van der Waals surface area (Å²) in [5, 5.41) is 2.71. The summed E-state index contributed by atoms with van der Waals surface area (Å²) >= 11 is 0. The molecule has 2 N–H and O–H groups in total. The summed E-state index contributed by atoms with van der Waals surface area (Å²) in [5.41, 5.74) is 0.787. The molecule has 1 amide bonds. The fourth-order valence-corrected chi connectivity index (χ4v) is 3.91. The average Bonchev–Trinajstić information content (AvgIpc) is 2.61. The zero-order valence-corrected chi connectivity index (χ0v) is 16.2. The van der Waals surface area contributed by atoms with E-state index in [-0.39, 0.29) is 23.1 Å². The second-order valence-corrected chi connectivity index (χ2v) is 8.00. The van der Waals surface area contributed by atoms with Crippen LogP contribution in [-0.2, 0) is 21.2 Å². The van der Waals surface area contributed by atoms with Crippen LogP contribution < -0.4 is 14.8 Å². The van der Waals surface area contributed by atoms with Crippen molar-refractivity contribution in [3.63, 3.8) is 0 Å². The number of methoxy groups -OCH3 is 1. The van der Waals surface area contributed by atoms with E-state index in [1.165, 1.54) is 13.2 Å². The molecule has 1 unspecified atom stereocenters. The van der Waals surface area contributed by atoms with Gasteiger partial charge in [0.15, 0.2) is 0 Å². The van der Waals surface area contributed by atoms with E-state index < -0.39 is 27.8 Å². The third-order valence-electron chi connectivity index (χ3n) is 3.74. The smallest absolute Gasteiger partial charge is 0.245 e. The van der Waals surface area contributed by atoms with E-state index >= 15 is 0 Å². The molecule has 146 valence electrons. The van der Waals surface area contributed by atoms with Gasteiger partial charge in [-0.25, -0.2) is 12.8 Å². The number of carbonyl (C=O) groups excluding carboxylic acids is 1. The molecule has 1 atom stereocenters. The molecule has 0 radical (unpaired) electrons. The minimum absolute atomic E-state index is 0.00775. The summed E-state index contributed by atoms with van der Waals surface area (Å²) in [5.74, 6) is -1.19. The van der Waals surface area contributed by atoms with Crippen LogP contribution in [0.15, 0.2) is 53.4 Å². The van der Waals surface area contributed by atoms with Crippen LogP contribution in [0.4, 0.5) is 4.39 Å². The van der Waals surface area contributed by atoms with Crippen molar-refractivity contribution in [3.05, 3.63) is 59.9 Å². The second-order valence-electron chi connectivity index (χ2n) is 6.32. The summed E-state index contributed by atoms with van der Waals surface area (Å²) in [7, 11) is -2.91. The first kappa shape index (κ1) is 20.9. The first-order valence-corrected chi connectivity index (χ1v) is 9.91. The number of amides is 1. The van der Waals surface area contributed by atoms with Gasteiger partial charge in [-0.15, -0.1) is 0 Å². The molecular formula is C19H23FN2O4S. The highest BCUT2D eigenvalue weighted by Gasteiger charge is 2.28. The van der Waals surface area contributed by atoms with Gasteiger partial charge in [0.1, 0.15) is 22.5 Å². The standard InChI is InChI=1S/C19H23FN2O4S/c1-13(2)21-19(23)16(11-14-7-5-4-6-8-14)22-27(24,25)18-12-15(20)9-10-17(18)26-3/h4-10,12-13,16,22H,11H2,1-3H3,(H,21,23). The number of sulfonamides is 1. The molecule has 0 fully saturated rings. The molecule has 0 saturated heterocycles. The summed E-state index contributed by atoms with van der Waals surface area (Å²) in [6.07, 6.45) is 0.149. The Morgan fingerprint density at radius 2 is 1.81 bits per heavy atom. The molecule has 0 aromatic heterocycles. The van der Waals surface area contributed by atoms with Gasteiger partial charge in [-0.3, -0.25) is 4.79 Å². The number of halogens is 1. The molecule has 0 aliphatic heterocycles. The van der Waals surface area contributed by atoms with Crippen molar-refractivity contribution in [2.24, 2.45) is 0 Å². The van der Waals surface area contributed by atoms with Crippen molar-refractivity contribution in [3.8, 4) is 5.75 Å². The maximum atomic E-state index is 13.6.